The third-order valence-corrected chi connectivity index (χ3v) is 4.19. The maximum atomic E-state index is 12.4. The highest BCUT2D eigenvalue weighted by Crippen LogP contribution is 2.46. The van der Waals surface area contributed by atoms with Gasteiger partial charge >= 0.3 is 0 Å². The Hall–Kier alpha value is -0.900. The van der Waals surface area contributed by atoms with Crippen LogP contribution < -0.4 is 0 Å². The van der Waals surface area contributed by atoms with Gasteiger partial charge in [-0.2, -0.15) is 0 Å². The lowest BCUT2D eigenvalue weighted by Crippen LogP contribution is -2.39. The standard InChI is InChI=1S/C14H23NO3/c1-10(2)7-11(16)9-15-12(17)8-14(13(15)18)5-3-4-6-14/h10-11,16H,3-9H2,1-2H3. The van der Waals surface area contributed by atoms with Crippen molar-refractivity contribution in [3.05, 3.63) is 0 Å². The second-order valence-electron chi connectivity index (χ2n) is 6.26. The number of rotatable bonds is 4. The van der Waals surface area contributed by atoms with Crippen LogP contribution in [0.2, 0.25) is 0 Å². The van der Waals surface area contributed by atoms with Crippen molar-refractivity contribution in [2.45, 2.75) is 58.5 Å². The lowest BCUT2D eigenvalue weighted by atomic mass is 9.84. The summed E-state index contributed by atoms with van der Waals surface area (Å²) in [4.78, 5) is 25.6. The van der Waals surface area contributed by atoms with Crippen LogP contribution in [0.25, 0.3) is 0 Å². The Bertz CT molecular complexity index is 345. The van der Waals surface area contributed by atoms with Crippen molar-refractivity contribution in [1.29, 1.82) is 0 Å². The fraction of sp³-hybridized carbons (Fsp3) is 0.857. The van der Waals surface area contributed by atoms with E-state index in [1.54, 1.807) is 0 Å². The van der Waals surface area contributed by atoms with Gasteiger partial charge in [0, 0.05) is 6.42 Å². The molecule has 2 rings (SSSR count). The zero-order chi connectivity index (χ0) is 13.3. The number of carbonyl (C=O) groups is 2. The maximum Gasteiger partial charge on any atom is 0.235 e. The summed E-state index contributed by atoms with van der Waals surface area (Å²) >= 11 is 0. The topological polar surface area (TPSA) is 57.6 Å². The molecule has 1 saturated carbocycles. The minimum absolute atomic E-state index is 0.0344. The molecule has 4 heteroatoms. The molecule has 2 aliphatic rings. The van der Waals surface area contributed by atoms with Crippen molar-refractivity contribution in [3.63, 3.8) is 0 Å². The number of hydrogen-bond acceptors (Lipinski definition) is 3. The van der Waals surface area contributed by atoms with Gasteiger partial charge in [0.15, 0.2) is 0 Å². The lowest BCUT2D eigenvalue weighted by molar-refractivity contribution is -0.143. The van der Waals surface area contributed by atoms with Gasteiger partial charge in [-0.1, -0.05) is 26.7 Å². The van der Waals surface area contributed by atoms with Crippen LogP contribution in [-0.4, -0.2) is 34.5 Å². The van der Waals surface area contributed by atoms with E-state index in [9.17, 15) is 14.7 Å². The minimum Gasteiger partial charge on any atom is -0.391 e. The van der Waals surface area contributed by atoms with Crippen LogP contribution in [0, 0.1) is 11.3 Å². The molecule has 1 unspecified atom stereocenters. The Morgan fingerprint density at radius 1 is 1.28 bits per heavy atom. The zero-order valence-electron chi connectivity index (χ0n) is 11.3. The molecule has 102 valence electrons. The van der Waals surface area contributed by atoms with Gasteiger partial charge in [-0.05, 0) is 25.2 Å². The van der Waals surface area contributed by atoms with E-state index in [4.69, 9.17) is 0 Å². The van der Waals surface area contributed by atoms with Crippen LogP contribution in [0.15, 0.2) is 0 Å². The Kier molecular flexibility index (Phi) is 3.76. The van der Waals surface area contributed by atoms with Crippen LogP contribution >= 0.6 is 0 Å². The van der Waals surface area contributed by atoms with Crippen LogP contribution in [0.5, 0.6) is 0 Å². The Morgan fingerprint density at radius 2 is 1.89 bits per heavy atom. The van der Waals surface area contributed by atoms with Gasteiger partial charge in [0.2, 0.25) is 11.8 Å². The van der Waals surface area contributed by atoms with E-state index in [1.165, 1.54) is 4.90 Å². The number of amides is 2. The monoisotopic (exact) mass is 253 g/mol. The molecule has 2 amide bonds. The molecular formula is C14H23NO3. The molecule has 1 heterocycles. The highest BCUT2D eigenvalue weighted by atomic mass is 16.3. The Labute approximate surface area is 108 Å². The molecule has 1 saturated heterocycles. The number of carbonyl (C=O) groups excluding carboxylic acids is 2. The first kappa shape index (κ1) is 13.5. The molecule has 0 aromatic carbocycles. The van der Waals surface area contributed by atoms with Crippen LogP contribution in [-0.2, 0) is 9.59 Å². The molecule has 4 nitrogen and oxygen atoms in total. The smallest absolute Gasteiger partial charge is 0.235 e. The number of likely N-dealkylation sites (tertiary alicyclic amines) is 1. The number of aliphatic hydroxyl groups excluding tert-OH is 1. The fourth-order valence-electron chi connectivity index (χ4n) is 3.32. The van der Waals surface area contributed by atoms with Crippen LogP contribution in [0.4, 0.5) is 0 Å². The summed E-state index contributed by atoms with van der Waals surface area (Å²) in [6.07, 6.45) is 4.17. The highest BCUT2D eigenvalue weighted by molar-refractivity contribution is 6.06. The van der Waals surface area contributed by atoms with Crippen molar-refractivity contribution in [2.75, 3.05) is 6.54 Å². The molecule has 18 heavy (non-hydrogen) atoms. The second-order valence-corrected chi connectivity index (χ2v) is 6.26. The first-order valence-electron chi connectivity index (χ1n) is 6.97. The predicted molar refractivity (Wildman–Crippen MR) is 67.7 cm³/mol. The molecule has 0 aromatic heterocycles. The molecule has 0 bridgehead atoms. The maximum absolute atomic E-state index is 12.4. The van der Waals surface area contributed by atoms with Gasteiger partial charge in [0.25, 0.3) is 0 Å². The summed E-state index contributed by atoms with van der Waals surface area (Å²) < 4.78 is 0. The van der Waals surface area contributed by atoms with E-state index >= 15 is 0 Å². The van der Waals surface area contributed by atoms with Crippen LogP contribution in [0.3, 0.4) is 0 Å². The molecule has 1 spiro atoms. The van der Waals surface area contributed by atoms with Crippen molar-refractivity contribution < 1.29 is 14.7 Å². The summed E-state index contributed by atoms with van der Waals surface area (Å²) in [6, 6.07) is 0. The highest BCUT2D eigenvalue weighted by Gasteiger charge is 2.52. The fourth-order valence-corrected chi connectivity index (χ4v) is 3.32. The number of β-amino-alcohol motifs (C(OH)–C–C–N with tert-alkyl or cyclic N) is 1. The van der Waals surface area contributed by atoms with Crippen LogP contribution in [0.1, 0.15) is 52.4 Å². The van der Waals surface area contributed by atoms with Crippen molar-refractivity contribution >= 4 is 11.8 Å². The van der Waals surface area contributed by atoms with Gasteiger partial charge in [0.05, 0.1) is 18.1 Å². The summed E-state index contributed by atoms with van der Waals surface area (Å²) in [6.45, 7) is 4.22. The van der Waals surface area contributed by atoms with Gasteiger partial charge < -0.3 is 5.11 Å². The van der Waals surface area contributed by atoms with E-state index in [-0.39, 0.29) is 18.4 Å². The number of imide groups is 1. The van der Waals surface area contributed by atoms with E-state index in [1.807, 2.05) is 13.8 Å². The van der Waals surface area contributed by atoms with Crippen molar-refractivity contribution in [3.8, 4) is 0 Å². The van der Waals surface area contributed by atoms with E-state index in [2.05, 4.69) is 0 Å². The molecule has 1 aliphatic heterocycles. The van der Waals surface area contributed by atoms with Crippen molar-refractivity contribution in [2.24, 2.45) is 11.3 Å². The number of aliphatic hydroxyl groups is 1. The molecule has 1 aliphatic carbocycles. The zero-order valence-corrected chi connectivity index (χ0v) is 11.3. The van der Waals surface area contributed by atoms with E-state index < -0.39 is 11.5 Å². The minimum atomic E-state index is -0.588. The van der Waals surface area contributed by atoms with Gasteiger partial charge in [-0.25, -0.2) is 0 Å². The largest absolute Gasteiger partial charge is 0.391 e. The molecular weight excluding hydrogens is 230 g/mol. The Morgan fingerprint density at radius 3 is 2.44 bits per heavy atom. The van der Waals surface area contributed by atoms with Gasteiger partial charge in [0.1, 0.15) is 0 Å². The van der Waals surface area contributed by atoms with E-state index in [0.29, 0.717) is 18.8 Å². The quantitative estimate of drug-likeness (QED) is 0.776. The summed E-state index contributed by atoms with van der Waals surface area (Å²) in [5, 5.41) is 9.90. The number of nitrogens with zero attached hydrogens (tertiary/aromatic N) is 1. The average molecular weight is 253 g/mol. The van der Waals surface area contributed by atoms with Gasteiger partial charge in [-0.3, -0.25) is 14.5 Å². The second kappa shape index (κ2) is 5.00. The Balaban J connectivity index is 2.01. The van der Waals surface area contributed by atoms with Gasteiger partial charge in [-0.15, -0.1) is 0 Å². The molecule has 2 fully saturated rings. The normalized spacial score (nSPS) is 24.6. The summed E-state index contributed by atoms with van der Waals surface area (Å²) in [7, 11) is 0. The molecule has 1 atom stereocenters. The first-order chi connectivity index (χ1) is 8.44. The molecule has 0 aromatic rings. The van der Waals surface area contributed by atoms with E-state index in [0.717, 1.165) is 25.7 Å². The molecule has 0 radical (unpaired) electrons. The first-order valence-corrected chi connectivity index (χ1v) is 6.97. The molecule has 1 N–H and O–H groups in total. The SMILES string of the molecule is CC(C)CC(O)CN1C(=O)CC2(CCCC2)C1=O. The lowest BCUT2D eigenvalue weighted by Gasteiger charge is -2.23. The summed E-state index contributed by atoms with van der Waals surface area (Å²) in [5.41, 5.74) is -0.408. The summed E-state index contributed by atoms with van der Waals surface area (Å²) in [5.74, 6) is 0.241. The average Bonchev–Trinajstić information content (AvgIpc) is 2.80. The van der Waals surface area contributed by atoms with Crippen molar-refractivity contribution in [1.82, 2.24) is 4.90 Å². The third-order valence-electron chi connectivity index (χ3n) is 4.19. The predicted octanol–water partition coefficient (Wildman–Crippen LogP) is 1.71. The number of hydrogen-bond donors (Lipinski definition) is 1. The third kappa shape index (κ3) is 2.44.